The Morgan fingerprint density at radius 2 is 1.96 bits per heavy atom. The number of nitrogens with zero attached hydrogens (tertiary/aromatic N) is 3. The number of phenolic OH excluding ortho intramolecular Hbond substituents is 1. The Morgan fingerprint density at radius 1 is 1.07 bits per heavy atom. The molecule has 4 rings (SSSR count). The molecule has 0 spiro atoms. The van der Waals surface area contributed by atoms with Gasteiger partial charge in [0.25, 0.3) is 0 Å². The zero-order valence-electron chi connectivity index (χ0n) is 14.5. The largest absolute Gasteiger partial charge is 0.506 e. The second-order valence-corrected chi connectivity index (χ2v) is 6.57. The number of para-hydroxylation sites is 2. The van der Waals surface area contributed by atoms with Crippen LogP contribution in [0.5, 0.6) is 5.75 Å². The molecule has 136 valence electrons. The van der Waals surface area contributed by atoms with Gasteiger partial charge in [0.05, 0.1) is 21.7 Å². The summed E-state index contributed by atoms with van der Waals surface area (Å²) in [5, 5.41) is 13.1. The molecule has 3 N–H and O–H groups in total. The first kappa shape index (κ1) is 17.3. The minimum atomic E-state index is 0.0541. The summed E-state index contributed by atoms with van der Waals surface area (Å²) in [4.78, 5) is 16.7. The first-order valence-electron chi connectivity index (χ1n) is 8.68. The van der Waals surface area contributed by atoms with Crippen molar-refractivity contribution in [1.29, 1.82) is 0 Å². The van der Waals surface area contributed by atoms with Gasteiger partial charge in [-0.1, -0.05) is 23.7 Å². The van der Waals surface area contributed by atoms with Gasteiger partial charge >= 0.3 is 0 Å². The molecule has 0 saturated heterocycles. The van der Waals surface area contributed by atoms with Crippen molar-refractivity contribution < 1.29 is 5.11 Å². The van der Waals surface area contributed by atoms with E-state index in [1.54, 1.807) is 24.4 Å². The fourth-order valence-electron chi connectivity index (χ4n) is 2.85. The van der Waals surface area contributed by atoms with Gasteiger partial charge in [0.1, 0.15) is 11.6 Å². The molecule has 0 unspecified atom stereocenters. The van der Waals surface area contributed by atoms with Gasteiger partial charge in [0.15, 0.2) is 0 Å². The molecule has 2 aromatic carbocycles. The lowest BCUT2D eigenvalue weighted by Crippen LogP contribution is -2.07. The van der Waals surface area contributed by atoms with Gasteiger partial charge in [0, 0.05) is 24.7 Å². The SMILES string of the molecule is Oc1ccc(-c2ccnc(NCCCc3nc4ccccc4[nH]3)n2)cc1Cl. The average Bonchev–Trinajstić information content (AvgIpc) is 3.10. The Kier molecular flexibility index (Phi) is 4.89. The highest BCUT2D eigenvalue weighted by Gasteiger charge is 2.06. The summed E-state index contributed by atoms with van der Waals surface area (Å²) >= 11 is 5.98. The van der Waals surface area contributed by atoms with E-state index in [9.17, 15) is 5.11 Å². The fourth-order valence-corrected chi connectivity index (χ4v) is 3.03. The van der Waals surface area contributed by atoms with Crippen molar-refractivity contribution in [2.75, 3.05) is 11.9 Å². The maximum Gasteiger partial charge on any atom is 0.223 e. The molecule has 27 heavy (non-hydrogen) atoms. The van der Waals surface area contributed by atoms with Gasteiger partial charge in [-0.2, -0.15) is 0 Å². The third kappa shape index (κ3) is 4.01. The normalized spacial score (nSPS) is 11.0. The first-order chi connectivity index (χ1) is 13.2. The van der Waals surface area contributed by atoms with Crippen LogP contribution in [0, 0.1) is 0 Å². The van der Waals surface area contributed by atoms with Crippen LogP contribution in [-0.4, -0.2) is 31.6 Å². The second kappa shape index (κ2) is 7.63. The topological polar surface area (TPSA) is 86.7 Å². The van der Waals surface area contributed by atoms with Crippen molar-refractivity contribution in [3.63, 3.8) is 0 Å². The second-order valence-electron chi connectivity index (χ2n) is 6.16. The molecule has 0 aliphatic heterocycles. The highest BCUT2D eigenvalue weighted by molar-refractivity contribution is 6.32. The molecule has 6 nitrogen and oxygen atoms in total. The Labute approximate surface area is 161 Å². The van der Waals surface area contributed by atoms with Gasteiger partial charge in [-0.15, -0.1) is 0 Å². The molecule has 0 aliphatic rings. The number of aromatic hydroxyl groups is 1. The Morgan fingerprint density at radius 3 is 2.81 bits per heavy atom. The molecule has 7 heteroatoms. The lowest BCUT2D eigenvalue weighted by Gasteiger charge is -2.07. The van der Waals surface area contributed by atoms with E-state index in [1.807, 2.05) is 30.3 Å². The Hall–Kier alpha value is -3.12. The van der Waals surface area contributed by atoms with Crippen molar-refractivity contribution in [3.05, 3.63) is 65.6 Å². The van der Waals surface area contributed by atoms with Crippen molar-refractivity contribution in [3.8, 4) is 17.0 Å². The van der Waals surface area contributed by atoms with Gasteiger partial charge in [-0.05, 0) is 42.8 Å². The monoisotopic (exact) mass is 379 g/mol. The average molecular weight is 380 g/mol. The number of halogens is 1. The van der Waals surface area contributed by atoms with E-state index < -0.39 is 0 Å². The number of nitrogens with one attached hydrogen (secondary N) is 2. The maximum absolute atomic E-state index is 9.54. The van der Waals surface area contributed by atoms with Gasteiger partial charge in [-0.3, -0.25) is 0 Å². The zero-order chi connectivity index (χ0) is 18.6. The molecule has 0 radical (unpaired) electrons. The number of aromatic nitrogens is 4. The van der Waals surface area contributed by atoms with Crippen LogP contribution in [0.1, 0.15) is 12.2 Å². The first-order valence-corrected chi connectivity index (χ1v) is 9.06. The van der Waals surface area contributed by atoms with Crippen molar-refractivity contribution in [1.82, 2.24) is 19.9 Å². The van der Waals surface area contributed by atoms with E-state index in [2.05, 4.69) is 25.3 Å². The number of phenols is 1. The van der Waals surface area contributed by atoms with E-state index >= 15 is 0 Å². The summed E-state index contributed by atoms with van der Waals surface area (Å²) < 4.78 is 0. The van der Waals surface area contributed by atoms with Crippen LogP contribution >= 0.6 is 11.6 Å². The molecule has 0 amide bonds. The standard InChI is InChI=1S/C20H18ClN5O/c21-14-12-13(7-8-18(14)27)15-9-11-23-20(26-15)22-10-3-6-19-24-16-4-1-2-5-17(16)25-19/h1-2,4-5,7-9,11-12,27H,3,6,10H2,(H,24,25)(H,22,23,26). The molecule has 2 heterocycles. The van der Waals surface area contributed by atoms with Crippen LogP contribution in [-0.2, 0) is 6.42 Å². The summed E-state index contributed by atoms with van der Waals surface area (Å²) in [6.07, 6.45) is 3.44. The lowest BCUT2D eigenvalue weighted by atomic mass is 10.1. The number of hydrogen-bond acceptors (Lipinski definition) is 5. The van der Waals surface area contributed by atoms with Crippen LogP contribution in [0.15, 0.2) is 54.7 Å². The molecule has 0 atom stereocenters. The summed E-state index contributed by atoms with van der Waals surface area (Å²) in [6, 6.07) is 14.8. The number of rotatable bonds is 6. The highest BCUT2D eigenvalue weighted by Crippen LogP contribution is 2.28. The van der Waals surface area contributed by atoms with Gasteiger partial charge in [-0.25, -0.2) is 15.0 Å². The molecular formula is C20H18ClN5O. The van der Waals surface area contributed by atoms with Crippen LogP contribution in [0.2, 0.25) is 5.02 Å². The van der Waals surface area contributed by atoms with Gasteiger partial charge in [0.2, 0.25) is 5.95 Å². The predicted molar refractivity (Wildman–Crippen MR) is 107 cm³/mol. The smallest absolute Gasteiger partial charge is 0.223 e. The Balaban J connectivity index is 1.36. The number of fused-ring (bicyclic) bond motifs is 1. The summed E-state index contributed by atoms with van der Waals surface area (Å²) in [7, 11) is 0. The van der Waals surface area contributed by atoms with Crippen LogP contribution in [0.4, 0.5) is 5.95 Å². The highest BCUT2D eigenvalue weighted by atomic mass is 35.5. The van der Waals surface area contributed by atoms with Crippen LogP contribution < -0.4 is 5.32 Å². The third-order valence-electron chi connectivity index (χ3n) is 4.21. The quantitative estimate of drug-likeness (QED) is 0.431. The summed E-state index contributed by atoms with van der Waals surface area (Å²) in [5.41, 5.74) is 3.62. The molecule has 0 fully saturated rings. The molecular weight excluding hydrogens is 362 g/mol. The van der Waals surface area contributed by atoms with Gasteiger partial charge < -0.3 is 15.4 Å². The maximum atomic E-state index is 9.54. The molecule has 0 bridgehead atoms. The zero-order valence-corrected chi connectivity index (χ0v) is 15.2. The number of benzene rings is 2. The minimum Gasteiger partial charge on any atom is -0.506 e. The van der Waals surface area contributed by atoms with Crippen molar-refractivity contribution >= 4 is 28.6 Å². The van der Waals surface area contributed by atoms with Crippen LogP contribution in [0.25, 0.3) is 22.3 Å². The third-order valence-corrected chi connectivity index (χ3v) is 4.51. The Bertz CT molecular complexity index is 1050. The number of hydrogen-bond donors (Lipinski definition) is 3. The molecule has 2 aromatic heterocycles. The molecule has 0 aliphatic carbocycles. The van der Waals surface area contributed by atoms with E-state index in [0.29, 0.717) is 11.0 Å². The van der Waals surface area contributed by atoms with E-state index in [0.717, 1.165) is 47.5 Å². The van der Waals surface area contributed by atoms with Crippen molar-refractivity contribution in [2.45, 2.75) is 12.8 Å². The number of imidazole rings is 1. The number of aromatic amines is 1. The predicted octanol–water partition coefficient (Wildman–Crippen LogP) is 4.42. The lowest BCUT2D eigenvalue weighted by molar-refractivity contribution is 0.475. The van der Waals surface area contributed by atoms with Crippen molar-refractivity contribution in [2.24, 2.45) is 0 Å². The number of H-pyrrole nitrogens is 1. The van der Waals surface area contributed by atoms with Crippen LogP contribution in [0.3, 0.4) is 0 Å². The summed E-state index contributed by atoms with van der Waals surface area (Å²) in [5.74, 6) is 1.59. The number of aryl methyl sites for hydroxylation is 1. The molecule has 4 aromatic rings. The van der Waals surface area contributed by atoms with E-state index in [1.165, 1.54) is 0 Å². The minimum absolute atomic E-state index is 0.0541. The molecule has 0 saturated carbocycles. The van der Waals surface area contributed by atoms with E-state index in [-0.39, 0.29) is 5.75 Å². The van der Waals surface area contributed by atoms with E-state index in [4.69, 9.17) is 11.6 Å². The fraction of sp³-hybridized carbons (Fsp3) is 0.150. The summed E-state index contributed by atoms with van der Waals surface area (Å²) in [6.45, 7) is 0.733. The number of anilines is 1.